The molecule has 0 aromatic heterocycles. The summed E-state index contributed by atoms with van der Waals surface area (Å²) in [4.78, 5) is 4.47. The van der Waals surface area contributed by atoms with E-state index in [-0.39, 0.29) is 5.41 Å². The van der Waals surface area contributed by atoms with Gasteiger partial charge in [0, 0.05) is 36.8 Å². The van der Waals surface area contributed by atoms with Crippen LogP contribution in [0.2, 0.25) is 0 Å². The quantitative estimate of drug-likeness (QED) is 0.150. The Morgan fingerprint density at radius 1 is 0.394 bits per heavy atom. The summed E-state index contributed by atoms with van der Waals surface area (Å²) in [6, 6.07) is 72.0. The van der Waals surface area contributed by atoms with Crippen LogP contribution in [0.15, 0.2) is 188 Å². The predicted octanol–water partition coefficient (Wildman–Crippen LogP) is 16.4. The Labute approximate surface area is 386 Å². The molecule has 1 aliphatic rings. The van der Waals surface area contributed by atoms with Crippen LogP contribution in [-0.4, -0.2) is 14.1 Å². The van der Waals surface area contributed by atoms with E-state index in [0.717, 1.165) is 72.1 Å². The minimum Gasteiger partial charge on any atom is -0.378 e. The van der Waals surface area contributed by atoms with Crippen LogP contribution in [0.5, 0.6) is 0 Å². The fraction of sp³-hybridized carbons (Fsp3) is 0.0968. The first-order chi connectivity index (χ1) is 32.1. The Kier molecular flexibility index (Phi) is 9.58. The summed E-state index contributed by atoms with van der Waals surface area (Å²) in [5.74, 6) is 0. The molecule has 1 aliphatic carbocycles. The van der Waals surface area contributed by atoms with E-state index in [1.165, 1.54) is 44.2 Å². The molecule has 4 heteroatoms. The normalized spacial score (nSPS) is 11.7. The molecular weight excluding hydrogens is 801 g/mol. The van der Waals surface area contributed by atoms with Gasteiger partial charge in [-0.3, -0.25) is 0 Å². The molecular formula is C62H46N4. The van der Waals surface area contributed by atoms with Crippen molar-refractivity contribution in [3.63, 3.8) is 0 Å². The Bertz CT molecular complexity index is 3490. The summed E-state index contributed by atoms with van der Waals surface area (Å²) in [5, 5.41) is 26.7. The van der Waals surface area contributed by atoms with Gasteiger partial charge in [0.15, 0.2) is 0 Å². The molecule has 314 valence electrons. The monoisotopic (exact) mass is 846 g/mol. The summed E-state index contributed by atoms with van der Waals surface area (Å²) in [5.41, 5.74) is 18.5. The Balaban J connectivity index is 1.12. The van der Waals surface area contributed by atoms with Crippen molar-refractivity contribution < 1.29 is 0 Å². The van der Waals surface area contributed by atoms with Crippen LogP contribution in [0, 0.1) is 22.7 Å². The molecule has 66 heavy (non-hydrogen) atoms. The third-order valence-corrected chi connectivity index (χ3v) is 13.4. The van der Waals surface area contributed by atoms with Gasteiger partial charge < -0.3 is 9.80 Å². The van der Waals surface area contributed by atoms with E-state index in [1.807, 2.05) is 24.3 Å². The molecule has 11 rings (SSSR count). The fourth-order valence-corrected chi connectivity index (χ4v) is 10.1. The second kappa shape index (κ2) is 15.7. The van der Waals surface area contributed by atoms with Crippen molar-refractivity contribution in [2.24, 2.45) is 0 Å². The topological polar surface area (TPSA) is 54.1 Å². The molecule has 0 amide bonds. The van der Waals surface area contributed by atoms with Crippen LogP contribution < -0.4 is 9.80 Å². The number of benzene rings is 10. The minimum atomic E-state index is 0.0535. The van der Waals surface area contributed by atoms with Crippen molar-refractivity contribution in [1.29, 1.82) is 10.5 Å². The van der Waals surface area contributed by atoms with E-state index >= 15 is 0 Å². The molecule has 0 bridgehead atoms. The van der Waals surface area contributed by atoms with Gasteiger partial charge in [0.05, 0.1) is 23.3 Å². The SMILES string of the molecule is CN(C)c1ccc(N(c2ccc(-c3ccc4c5c(cccc35)-c3c-4c(-c4ccc(C#N)cc4)c4cc5ccccc5cc4c3-c3ccc(C#N)cc3)cc2)c2ccc(C(C)(C)C)cc2)cc1. The zero-order valence-corrected chi connectivity index (χ0v) is 37.7. The Morgan fingerprint density at radius 3 is 1.32 bits per heavy atom. The highest BCUT2D eigenvalue weighted by molar-refractivity contribution is 6.29. The van der Waals surface area contributed by atoms with Crippen LogP contribution in [0.1, 0.15) is 37.5 Å². The highest BCUT2D eigenvalue weighted by Gasteiger charge is 2.32. The van der Waals surface area contributed by atoms with Gasteiger partial charge in [-0.2, -0.15) is 10.5 Å². The number of fused-ring (bicyclic) bond motifs is 5. The van der Waals surface area contributed by atoms with E-state index < -0.39 is 0 Å². The molecule has 0 heterocycles. The lowest BCUT2D eigenvalue weighted by Gasteiger charge is -2.27. The molecule has 10 aromatic rings. The Hall–Kier alpha value is -8.44. The summed E-state index contributed by atoms with van der Waals surface area (Å²) in [6.07, 6.45) is 0. The maximum atomic E-state index is 9.82. The van der Waals surface area contributed by atoms with Crippen molar-refractivity contribution in [1.82, 2.24) is 0 Å². The average molecular weight is 847 g/mol. The number of nitrogens with zero attached hydrogens (tertiary/aromatic N) is 4. The standard InChI is InChI=1S/C62H46N4/c1-62(2,3)46-23-27-49(28-24-46)66(50-31-29-47(30-32-50)65(4)5)48-25-21-41(22-26-48)51-33-34-54-59-52(51)11-8-12-53(59)60-57(42-17-13-39(37-63)14-18-42)55-35-44-9-6-7-10-45(44)36-56(55)58(61(54)60)43-19-15-40(38-64)16-20-43/h6-36H,1-5H3. The lowest BCUT2D eigenvalue weighted by molar-refractivity contribution is 0.590. The summed E-state index contributed by atoms with van der Waals surface area (Å²) < 4.78 is 0. The summed E-state index contributed by atoms with van der Waals surface area (Å²) in [6.45, 7) is 6.76. The zero-order chi connectivity index (χ0) is 45.3. The van der Waals surface area contributed by atoms with Gasteiger partial charge in [0.25, 0.3) is 0 Å². The largest absolute Gasteiger partial charge is 0.378 e. The number of nitriles is 2. The molecule has 0 N–H and O–H groups in total. The highest BCUT2D eigenvalue weighted by Crippen LogP contribution is 2.59. The smallest absolute Gasteiger partial charge is 0.0991 e. The molecule has 4 nitrogen and oxygen atoms in total. The molecule has 0 spiro atoms. The van der Waals surface area contributed by atoms with Gasteiger partial charge in [-0.25, -0.2) is 0 Å². The fourth-order valence-electron chi connectivity index (χ4n) is 10.1. The van der Waals surface area contributed by atoms with Gasteiger partial charge in [-0.05, 0) is 184 Å². The zero-order valence-electron chi connectivity index (χ0n) is 37.7. The van der Waals surface area contributed by atoms with Gasteiger partial charge in [-0.1, -0.05) is 124 Å². The van der Waals surface area contributed by atoms with Gasteiger partial charge in [0.2, 0.25) is 0 Å². The number of anilines is 4. The van der Waals surface area contributed by atoms with Crippen LogP contribution in [-0.2, 0) is 5.41 Å². The molecule has 0 saturated carbocycles. The van der Waals surface area contributed by atoms with Crippen molar-refractivity contribution in [2.75, 3.05) is 23.9 Å². The number of hydrogen-bond donors (Lipinski definition) is 0. The highest BCUT2D eigenvalue weighted by atomic mass is 15.1. The van der Waals surface area contributed by atoms with Crippen molar-refractivity contribution in [3.8, 4) is 67.8 Å². The third-order valence-electron chi connectivity index (χ3n) is 13.4. The van der Waals surface area contributed by atoms with Crippen molar-refractivity contribution in [2.45, 2.75) is 26.2 Å². The average Bonchev–Trinajstić information content (AvgIpc) is 3.67. The lowest BCUT2D eigenvalue weighted by Crippen LogP contribution is -2.13. The van der Waals surface area contributed by atoms with Gasteiger partial charge in [0.1, 0.15) is 0 Å². The Morgan fingerprint density at radius 2 is 0.833 bits per heavy atom. The molecule has 10 aromatic carbocycles. The summed E-state index contributed by atoms with van der Waals surface area (Å²) in [7, 11) is 4.14. The van der Waals surface area contributed by atoms with Crippen LogP contribution in [0.25, 0.3) is 88.0 Å². The second-order valence-corrected chi connectivity index (χ2v) is 18.6. The van der Waals surface area contributed by atoms with Gasteiger partial charge >= 0.3 is 0 Å². The minimum absolute atomic E-state index is 0.0535. The van der Waals surface area contributed by atoms with E-state index in [0.29, 0.717) is 11.1 Å². The molecule has 0 aliphatic heterocycles. The molecule has 0 unspecified atom stereocenters. The first-order valence-electron chi connectivity index (χ1n) is 22.5. The van der Waals surface area contributed by atoms with Gasteiger partial charge in [-0.15, -0.1) is 0 Å². The van der Waals surface area contributed by atoms with Crippen molar-refractivity contribution in [3.05, 3.63) is 205 Å². The number of rotatable bonds is 7. The summed E-state index contributed by atoms with van der Waals surface area (Å²) >= 11 is 0. The predicted molar refractivity (Wildman–Crippen MR) is 277 cm³/mol. The van der Waals surface area contributed by atoms with E-state index in [2.05, 4.69) is 221 Å². The van der Waals surface area contributed by atoms with Crippen LogP contribution in [0.3, 0.4) is 0 Å². The maximum absolute atomic E-state index is 9.82. The number of hydrogen-bond acceptors (Lipinski definition) is 4. The van der Waals surface area contributed by atoms with E-state index in [4.69, 9.17) is 0 Å². The van der Waals surface area contributed by atoms with Crippen LogP contribution in [0.4, 0.5) is 22.7 Å². The lowest BCUT2D eigenvalue weighted by atomic mass is 9.81. The van der Waals surface area contributed by atoms with Crippen molar-refractivity contribution >= 4 is 55.1 Å². The van der Waals surface area contributed by atoms with E-state index in [9.17, 15) is 10.5 Å². The molecule has 0 radical (unpaired) electrons. The molecule has 0 atom stereocenters. The maximum Gasteiger partial charge on any atom is 0.0991 e. The molecule has 0 saturated heterocycles. The first kappa shape index (κ1) is 40.3. The molecule has 0 fully saturated rings. The van der Waals surface area contributed by atoms with E-state index in [1.54, 1.807) is 0 Å². The second-order valence-electron chi connectivity index (χ2n) is 18.6. The van der Waals surface area contributed by atoms with Crippen LogP contribution >= 0.6 is 0 Å². The third kappa shape index (κ3) is 6.66. The first-order valence-corrected chi connectivity index (χ1v) is 22.5.